The van der Waals surface area contributed by atoms with Crippen LogP contribution in [0.4, 0.5) is 5.69 Å². The van der Waals surface area contributed by atoms with Gasteiger partial charge in [0.05, 0.1) is 11.7 Å². The van der Waals surface area contributed by atoms with Gasteiger partial charge in [0.1, 0.15) is 17.1 Å². The van der Waals surface area contributed by atoms with E-state index in [4.69, 9.17) is 10.2 Å². The minimum Gasteiger partial charge on any atom is -0.508 e. The first-order valence-electron chi connectivity index (χ1n) is 9.09. The number of benzene rings is 3. The molecule has 0 fully saturated rings. The van der Waals surface area contributed by atoms with Gasteiger partial charge in [0, 0.05) is 34.3 Å². The maximum atomic E-state index is 12.1. The molecular weight excluding hydrogens is 384 g/mol. The molecule has 1 heterocycles. The van der Waals surface area contributed by atoms with Crippen LogP contribution >= 0.6 is 0 Å². The predicted octanol–water partition coefficient (Wildman–Crippen LogP) is 3.85. The fourth-order valence-corrected chi connectivity index (χ4v) is 3.43. The van der Waals surface area contributed by atoms with Gasteiger partial charge < -0.3 is 25.7 Å². The van der Waals surface area contributed by atoms with E-state index in [1.54, 1.807) is 24.3 Å². The minimum absolute atomic E-state index is 0.00810. The Morgan fingerprint density at radius 3 is 2.60 bits per heavy atom. The van der Waals surface area contributed by atoms with Crippen molar-refractivity contribution in [1.29, 1.82) is 0 Å². The number of aromatic carboxylic acids is 1. The number of anilines is 1. The molecule has 0 bridgehead atoms. The second-order valence-corrected chi connectivity index (χ2v) is 6.79. The summed E-state index contributed by atoms with van der Waals surface area (Å²) in [7, 11) is 0. The fourth-order valence-electron chi connectivity index (χ4n) is 3.43. The van der Waals surface area contributed by atoms with Gasteiger partial charge in [-0.15, -0.1) is 0 Å². The zero-order valence-corrected chi connectivity index (χ0v) is 15.8. The van der Waals surface area contributed by atoms with Crippen LogP contribution in [0.15, 0.2) is 76.5 Å². The van der Waals surface area contributed by atoms with Crippen LogP contribution in [0.1, 0.15) is 10.4 Å². The van der Waals surface area contributed by atoms with Gasteiger partial charge in [-0.05, 0) is 42.0 Å². The van der Waals surface area contributed by atoms with E-state index >= 15 is 0 Å². The zero-order chi connectivity index (χ0) is 21.4. The molecule has 1 unspecified atom stereocenters. The summed E-state index contributed by atoms with van der Waals surface area (Å²) < 4.78 is 5.81. The lowest BCUT2D eigenvalue weighted by molar-refractivity contribution is 0.0697. The van der Waals surface area contributed by atoms with Crippen LogP contribution in [-0.2, 0) is 0 Å². The van der Waals surface area contributed by atoms with E-state index in [-0.39, 0.29) is 16.7 Å². The third-order valence-corrected chi connectivity index (χ3v) is 4.78. The molecule has 1 aliphatic heterocycles. The van der Waals surface area contributed by atoms with Gasteiger partial charge in [0.25, 0.3) is 0 Å². The summed E-state index contributed by atoms with van der Waals surface area (Å²) in [5.74, 6) is -0.837. The molecule has 4 rings (SSSR count). The van der Waals surface area contributed by atoms with Crippen molar-refractivity contribution in [2.75, 3.05) is 5.32 Å². The number of phenols is 1. The Morgan fingerprint density at radius 1 is 1.10 bits per heavy atom. The second-order valence-electron chi connectivity index (χ2n) is 6.79. The van der Waals surface area contributed by atoms with Crippen LogP contribution in [0.25, 0.3) is 33.4 Å². The lowest BCUT2D eigenvalue weighted by Crippen LogP contribution is -2.26. The average molecular weight is 402 g/mol. The van der Waals surface area contributed by atoms with Crippen LogP contribution in [0, 0.1) is 0 Å². The van der Waals surface area contributed by atoms with Crippen molar-refractivity contribution in [3.63, 3.8) is 0 Å². The average Bonchev–Trinajstić information content (AvgIpc) is 2.71. The highest BCUT2D eigenvalue weighted by atomic mass is 16.4. The summed E-state index contributed by atoms with van der Waals surface area (Å²) in [5, 5.41) is 23.3. The summed E-state index contributed by atoms with van der Waals surface area (Å²) >= 11 is 0. The lowest BCUT2D eigenvalue weighted by atomic mass is 9.90. The highest BCUT2D eigenvalue weighted by Gasteiger charge is 2.22. The van der Waals surface area contributed by atoms with E-state index in [2.05, 4.69) is 11.9 Å². The first kappa shape index (κ1) is 19.2. The lowest BCUT2D eigenvalue weighted by Gasteiger charge is -2.18. The highest BCUT2D eigenvalue weighted by molar-refractivity contribution is 6.08. The van der Waals surface area contributed by atoms with Crippen molar-refractivity contribution in [3.8, 4) is 28.2 Å². The molecule has 1 atom stereocenters. The Balaban J connectivity index is 2.06. The topological polar surface area (TPSA) is 126 Å². The smallest absolute Gasteiger partial charge is 0.336 e. The molecule has 7 heteroatoms. The van der Waals surface area contributed by atoms with E-state index in [1.807, 2.05) is 0 Å². The van der Waals surface area contributed by atoms with Crippen molar-refractivity contribution in [2.45, 2.75) is 6.17 Å². The molecule has 0 radical (unpaired) electrons. The highest BCUT2D eigenvalue weighted by Crippen LogP contribution is 2.42. The molecule has 1 aliphatic carbocycles. The summed E-state index contributed by atoms with van der Waals surface area (Å²) in [6, 6.07) is 13.8. The standard InChI is InChI=1S/C23H18N2O5/c1-2-21(24)25-12-3-6-15(18(9-12)23(28)29)22-16-7-4-13(26)10-19(16)30-20-11-14(27)5-8-17(20)22/h2-11,21,25-26H,1,24H2,(H,28,29). The first-order chi connectivity index (χ1) is 14.4. The molecular formula is C23H18N2O5. The molecule has 0 spiro atoms. The molecule has 2 aromatic rings. The maximum Gasteiger partial charge on any atom is 0.336 e. The van der Waals surface area contributed by atoms with Gasteiger partial charge in [-0.3, -0.25) is 4.79 Å². The van der Waals surface area contributed by atoms with Gasteiger partial charge in [0.2, 0.25) is 0 Å². The Labute approximate surface area is 171 Å². The van der Waals surface area contributed by atoms with E-state index < -0.39 is 12.1 Å². The Hall–Kier alpha value is -4.10. The molecule has 0 saturated heterocycles. The van der Waals surface area contributed by atoms with Crippen molar-refractivity contribution in [3.05, 3.63) is 83.0 Å². The largest absolute Gasteiger partial charge is 0.508 e. The number of nitrogens with one attached hydrogen (secondary N) is 1. The molecule has 0 aromatic heterocycles. The molecule has 2 aliphatic rings. The molecule has 7 nitrogen and oxygen atoms in total. The Bertz CT molecular complexity index is 1330. The predicted molar refractivity (Wildman–Crippen MR) is 115 cm³/mol. The zero-order valence-electron chi connectivity index (χ0n) is 15.8. The van der Waals surface area contributed by atoms with Crippen LogP contribution in [0.2, 0.25) is 0 Å². The van der Waals surface area contributed by atoms with Gasteiger partial charge in [-0.25, -0.2) is 4.79 Å². The normalized spacial score (nSPS) is 12.0. The summed E-state index contributed by atoms with van der Waals surface area (Å²) in [6.07, 6.45) is 0.967. The number of hydrogen-bond donors (Lipinski definition) is 4. The van der Waals surface area contributed by atoms with Crippen molar-refractivity contribution >= 4 is 22.6 Å². The van der Waals surface area contributed by atoms with E-state index in [1.165, 1.54) is 36.4 Å². The summed E-state index contributed by atoms with van der Waals surface area (Å²) in [4.78, 5) is 23.9. The van der Waals surface area contributed by atoms with Crippen LogP contribution < -0.4 is 16.5 Å². The quantitative estimate of drug-likeness (QED) is 0.227. The molecule has 2 aromatic carbocycles. The summed E-state index contributed by atoms with van der Waals surface area (Å²) in [6.45, 7) is 3.60. The van der Waals surface area contributed by atoms with Crippen LogP contribution in [-0.4, -0.2) is 22.3 Å². The van der Waals surface area contributed by atoms with Gasteiger partial charge in [-0.2, -0.15) is 0 Å². The number of nitrogens with two attached hydrogens (primary N) is 1. The van der Waals surface area contributed by atoms with Crippen LogP contribution in [0.3, 0.4) is 0 Å². The van der Waals surface area contributed by atoms with Crippen molar-refractivity contribution in [2.24, 2.45) is 5.73 Å². The first-order valence-corrected chi connectivity index (χ1v) is 9.09. The van der Waals surface area contributed by atoms with Gasteiger partial charge in [0.15, 0.2) is 5.43 Å². The minimum atomic E-state index is -1.12. The van der Waals surface area contributed by atoms with Gasteiger partial charge >= 0.3 is 5.97 Å². The number of carbonyl (C=O) groups is 1. The monoisotopic (exact) mass is 402 g/mol. The third kappa shape index (κ3) is 3.38. The number of phenolic OH excluding ortho intramolecular Hbond substituents is 1. The van der Waals surface area contributed by atoms with Crippen molar-refractivity contribution in [1.82, 2.24) is 0 Å². The van der Waals surface area contributed by atoms with Crippen molar-refractivity contribution < 1.29 is 19.4 Å². The Kier molecular flexibility index (Phi) is 4.73. The molecule has 0 saturated carbocycles. The van der Waals surface area contributed by atoms with E-state index in [9.17, 15) is 19.8 Å². The van der Waals surface area contributed by atoms with Gasteiger partial charge in [-0.1, -0.05) is 18.7 Å². The second kappa shape index (κ2) is 7.38. The maximum absolute atomic E-state index is 12.1. The van der Waals surface area contributed by atoms with E-state index in [0.717, 1.165) is 0 Å². The number of rotatable bonds is 5. The number of aromatic hydroxyl groups is 1. The fraction of sp³-hybridized carbons (Fsp3) is 0.0435. The molecule has 0 amide bonds. The number of fused-ring (bicyclic) bond motifs is 2. The number of carboxylic acids is 1. The molecule has 30 heavy (non-hydrogen) atoms. The number of carboxylic acid groups (broad SMARTS) is 1. The third-order valence-electron chi connectivity index (χ3n) is 4.78. The number of hydrogen-bond acceptors (Lipinski definition) is 6. The molecule has 5 N–H and O–H groups in total. The Morgan fingerprint density at radius 2 is 1.87 bits per heavy atom. The summed E-state index contributed by atoms with van der Waals surface area (Å²) in [5.41, 5.74) is 8.08. The van der Waals surface area contributed by atoms with Crippen LogP contribution in [0.5, 0.6) is 5.75 Å². The molecule has 150 valence electrons. The van der Waals surface area contributed by atoms with E-state index in [0.29, 0.717) is 39.1 Å². The SMILES string of the molecule is C=CC(N)Nc1ccc(-c2c3ccc(=O)cc-3oc3cc(O)ccc23)c(C(=O)O)c1.